The van der Waals surface area contributed by atoms with Crippen LogP contribution < -0.4 is 4.74 Å². The van der Waals surface area contributed by atoms with Crippen LogP contribution in [0.25, 0.3) is 0 Å². The summed E-state index contributed by atoms with van der Waals surface area (Å²) in [5.41, 5.74) is 3.20. The Balaban J connectivity index is 2.31. The third-order valence-electron chi connectivity index (χ3n) is 4.18. The van der Waals surface area contributed by atoms with E-state index in [-0.39, 0.29) is 12.6 Å². The predicted octanol–water partition coefficient (Wildman–Crippen LogP) is 3.01. The molecule has 0 aliphatic carbocycles. The summed E-state index contributed by atoms with van der Waals surface area (Å²) in [6.07, 6.45) is 5.58. The summed E-state index contributed by atoms with van der Waals surface area (Å²) < 4.78 is 10.6. The Morgan fingerprint density at radius 3 is 2.48 bits per heavy atom. The van der Waals surface area contributed by atoms with Crippen LogP contribution in [0.3, 0.4) is 0 Å². The summed E-state index contributed by atoms with van der Waals surface area (Å²) in [5.74, 6) is 3.50. The molecule has 1 unspecified atom stereocenters. The fraction of sp³-hybridized carbons (Fsp3) is 0.333. The molecule has 1 N–H and O–H groups in total. The molecule has 132 valence electrons. The number of methoxy groups -OCH3 is 2. The Bertz CT molecular complexity index is 694. The largest absolute Gasteiger partial charge is 0.497 e. The van der Waals surface area contributed by atoms with Crippen LogP contribution in [0.4, 0.5) is 0 Å². The Labute approximate surface area is 150 Å². The SMILES string of the molecule is C#CCN(Cc1ccc(OC)cc1COC)C(CO)c1ccccc1. The van der Waals surface area contributed by atoms with Gasteiger partial charge in [-0.1, -0.05) is 42.3 Å². The number of hydrogen-bond donors (Lipinski definition) is 1. The maximum atomic E-state index is 9.95. The van der Waals surface area contributed by atoms with Crippen molar-refractivity contribution in [3.8, 4) is 18.1 Å². The van der Waals surface area contributed by atoms with Gasteiger partial charge in [-0.15, -0.1) is 6.42 Å². The van der Waals surface area contributed by atoms with Gasteiger partial charge >= 0.3 is 0 Å². The molecular weight excluding hydrogens is 314 g/mol. The molecule has 0 saturated carbocycles. The van der Waals surface area contributed by atoms with E-state index in [0.29, 0.717) is 19.7 Å². The van der Waals surface area contributed by atoms with E-state index in [1.54, 1.807) is 14.2 Å². The van der Waals surface area contributed by atoms with Crippen molar-refractivity contribution in [2.45, 2.75) is 19.2 Å². The van der Waals surface area contributed by atoms with Crippen molar-refractivity contribution in [3.05, 3.63) is 65.2 Å². The zero-order valence-electron chi connectivity index (χ0n) is 14.8. The summed E-state index contributed by atoms with van der Waals surface area (Å²) >= 11 is 0. The molecule has 0 saturated heterocycles. The molecule has 4 nitrogen and oxygen atoms in total. The standard InChI is InChI=1S/C21H25NO3/c1-4-12-22(21(15-23)17-8-6-5-7-9-17)14-18-10-11-20(25-3)13-19(18)16-24-2/h1,5-11,13,21,23H,12,14-16H2,2-3H3. The van der Waals surface area contributed by atoms with Crippen LogP contribution in [0.15, 0.2) is 48.5 Å². The van der Waals surface area contributed by atoms with E-state index in [1.807, 2.05) is 48.5 Å². The first-order valence-corrected chi connectivity index (χ1v) is 8.21. The molecule has 2 aromatic carbocycles. The maximum Gasteiger partial charge on any atom is 0.119 e. The Hall–Kier alpha value is -2.32. The molecule has 0 spiro atoms. The number of benzene rings is 2. The third kappa shape index (κ3) is 5.07. The van der Waals surface area contributed by atoms with Gasteiger partial charge < -0.3 is 14.6 Å². The van der Waals surface area contributed by atoms with Gasteiger partial charge in [0.1, 0.15) is 5.75 Å². The lowest BCUT2D eigenvalue weighted by atomic mass is 10.0. The monoisotopic (exact) mass is 339 g/mol. The van der Waals surface area contributed by atoms with Crippen LogP contribution in [0, 0.1) is 12.3 Å². The van der Waals surface area contributed by atoms with Gasteiger partial charge in [-0.05, 0) is 28.8 Å². The number of aliphatic hydroxyl groups excluding tert-OH is 1. The maximum absolute atomic E-state index is 9.95. The molecule has 0 aliphatic heterocycles. The molecule has 25 heavy (non-hydrogen) atoms. The van der Waals surface area contributed by atoms with Gasteiger partial charge in [0.05, 0.1) is 32.9 Å². The van der Waals surface area contributed by atoms with Crippen molar-refractivity contribution in [3.63, 3.8) is 0 Å². The van der Waals surface area contributed by atoms with E-state index in [4.69, 9.17) is 15.9 Å². The van der Waals surface area contributed by atoms with E-state index in [1.165, 1.54) is 0 Å². The van der Waals surface area contributed by atoms with Crippen molar-refractivity contribution in [2.75, 3.05) is 27.4 Å². The molecular formula is C21H25NO3. The second-order valence-corrected chi connectivity index (χ2v) is 5.79. The zero-order chi connectivity index (χ0) is 18.1. The number of aliphatic hydroxyl groups is 1. The van der Waals surface area contributed by atoms with E-state index < -0.39 is 0 Å². The lowest BCUT2D eigenvalue weighted by molar-refractivity contribution is 0.128. The highest BCUT2D eigenvalue weighted by Crippen LogP contribution is 2.25. The molecule has 0 amide bonds. The quantitative estimate of drug-likeness (QED) is 0.713. The second kappa shape index (κ2) is 9.85. The van der Waals surface area contributed by atoms with Crippen LogP contribution in [0.5, 0.6) is 5.75 Å². The fourth-order valence-electron chi connectivity index (χ4n) is 2.89. The van der Waals surface area contributed by atoms with Gasteiger partial charge in [-0.3, -0.25) is 4.90 Å². The highest BCUT2D eigenvalue weighted by molar-refractivity contribution is 5.35. The van der Waals surface area contributed by atoms with Crippen LogP contribution in [-0.2, 0) is 17.9 Å². The van der Waals surface area contributed by atoms with Gasteiger partial charge in [0.2, 0.25) is 0 Å². The minimum Gasteiger partial charge on any atom is -0.497 e. The number of ether oxygens (including phenoxy) is 2. The lowest BCUT2D eigenvalue weighted by Gasteiger charge is -2.30. The lowest BCUT2D eigenvalue weighted by Crippen LogP contribution is -2.31. The zero-order valence-corrected chi connectivity index (χ0v) is 14.8. The van der Waals surface area contributed by atoms with E-state index in [9.17, 15) is 5.11 Å². The van der Waals surface area contributed by atoms with E-state index in [2.05, 4.69) is 10.8 Å². The van der Waals surface area contributed by atoms with Crippen LogP contribution >= 0.6 is 0 Å². The highest BCUT2D eigenvalue weighted by atomic mass is 16.5. The minimum absolute atomic E-state index is 0.00145. The molecule has 4 heteroatoms. The average Bonchev–Trinajstić information content (AvgIpc) is 2.65. The third-order valence-corrected chi connectivity index (χ3v) is 4.18. The summed E-state index contributed by atoms with van der Waals surface area (Å²) in [5, 5.41) is 9.95. The van der Waals surface area contributed by atoms with E-state index >= 15 is 0 Å². The van der Waals surface area contributed by atoms with Gasteiger partial charge in [-0.2, -0.15) is 0 Å². The van der Waals surface area contributed by atoms with Crippen molar-refractivity contribution >= 4 is 0 Å². The highest BCUT2D eigenvalue weighted by Gasteiger charge is 2.20. The van der Waals surface area contributed by atoms with Crippen molar-refractivity contribution in [2.24, 2.45) is 0 Å². The first-order valence-electron chi connectivity index (χ1n) is 8.21. The number of terminal acetylenes is 1. The van der Waals surface area contributed by atoms with Gasteiger partial charge in [0.15, 0.2) is 0 Å². The second-order valence-electron chi connectivity index (χ2n) is 5.79. The smallest absolute Gasteiger partial charge is 0.119 e. The molecule has 2 aromatic rings. The summed E-state index contributed by atoms with van der Waals surface area (Å²) in [6.45, 7) is 1.55. The summed E-state index contributed by atoms with van der Waals surface area (Å²) in [6, 6.07) is 15.7. The van der Waals surface area contributed by atoms with E-state index in [0.717, 1.165) is 22.4 Å². The first kappa shape index (κ1) is 19.0. The molecule has 0 aliphatic rings. The topological polar surface area (TPSA) is 41.9 Å². The average molecular weight is 339 g/mol. The fourth-order valence-corrected chi connectivity index (χ4v) is 2.89. The Morgan fingerprint density at radius 1 is 1.12 bits per heavy atom. The Kier molecular flexibility index (Phi) is 7.49. The van der Waals surface area contributed by atoms with Gasteiger partial charge in [0, 0.05) is 13.7 Å². The normalized spacial score (nSPS) is 12.0. The van der Waals surface area contributed by atoms with Crippen molar-refractivity contribution < 1.29 is 14.6 Å². The predicted molar refractivity (Wildman–Crippen MR) is 99.2 cm³/mol. The molecule has 1 atom stereocenters. The Morgan fingerprint density at radius 2 is 1.88 bits per heavy atom. The molecule has 0 bridgehead atoms. The van der Waals surface area contributed by atoms with Gasteiger partial charge in [-0.25, -0.2) is 0 Å². The van der Waals surface area contributed by atoms with Crippen molar-refractivity contribution in [1.82, 2.24) is 4.90 Å². The molecule has 0 fully saturated rings. The summed E-state index contributed by atoms with van der Waals surface area (Å²) in [7, 11) is 3.32. The van der Waals surface area contributed by atoms with Crippen LogP contribution in [0.1, 0.15) is 22.7 Å². The van der Waals surface area contributed by atoms with Crippen LogP contribution in [-0.4, -0.2) is 37.4 Å². The summed E-state index contributed by atoms with van der Waals surface area (Å²) in [4.78, 5) is 2.09. The number of nitrogens with zero attached hydrogens (tertiary/aromatic N) is 1. The van der Waals surface area contributed by atoms with Crippen LogP contribution in [0.2, 0.25) is 0 Å². The molecule has 0 radical (unpaired) electrons. The van der Waals surface area contributed by atoms with Gasteiger partial charge in [0.25, 0.3) is 0 Å². The van der Waals surface area contributed by atoms with Crippen molar-refractivity contribution in [1.29, 1.82) is 0 Å². The number of hydrogen-bond acceptors (Lipinski definition) is 4. The number of rotatable bonds is 9. The molecule has 0 aromatic heterocycles. The minimum atomic E-state index is -0.158. The molecule has 2 rings (SSSR count). The first-order chi connectivity index (χ1) is 12.2. The molecule has 0 heterocycles.